The van der Waals surface area contributed by atoms with Crippen molar-refractivity contribution >= 4 is 27.5 Å². The minimum Gasteiger partial charge on any atom is -0.497 e. The van der Waals surface area contributed by atoms with E-state index in [9.17, 15) is 18.0 Å². The molecule has 0 heterocycles. The molecule has 2 rings (SSSR count). The molecule has 198 valence electrons. The molecule has 2 aromatic carbocycles. The summed E-state index contributed by atoms with van der Waals surface area (Å²) in [7, 11) is -1.95. The van der Waals surface area contributed by atoms with Gasteiger partial charge in [0, 0.05) is 25.6 Å². The van der Waals surface area contributed by atoms with E-state index in [1.165, 1.54) is 4.31 Å². The van der Waals surface area contributed by atoms with Crippen LogP contribution in [0.15, 0.2) is 42.5 Å². The Kier molecular flexibility index (Phi) is 10.3. The highest BCUT2D eigenvalue weighted by Crippen LogP contribution is 2.22. The predicted octanol–water partition coefficient (Wildman–Crippen LogP) is 3.80. The topological polar surface area (TPSA) is 96.0 Å². The van der Waals surface area contributed by atoms with Crippen LogP contribution in [0.5, 0.6) is 5.75 Å². The van der Waals surface area contributed by atoms with E-state index in [-0.39, 0.29) is 37.4 Å². The van der Waals surface area contributed by atoms with Crippen LogP contribution in [-0.4, -0.2) is 57.1 Å². The Balaban J connectivity index is 2.18. The van der Waals surface area contributed by atoms with Gasteiger partial charge in [0.1, 0.15) is 11.8 Å². The van der Waals surface area contributed by atoms with Crippen molar-refractivity contribution in [3.8, 4) is 5.75 Å². The Bertz CT molecular complexity index is 1150. The van der Waals surface area contributed by atoms with Crippen molar-refractivity contribution in [2.24, 2.45) is 0 Å². The molecule has 0 fully saturated rings. The van der Waals surface area contributed by atoms with Crippen LogP contribution >= 0.6 is 0 Å². The van der Waals surface area contributed by atoms with Crippen LogP contribution in [-0.2, 0) is 26.2 Å². The number of amides is 2. The molecule has 0 radical (unpaired) electrons. The molecule has 2 amide bonds. The number of ether oxygens (including phenoxy) is 1. The number of sulfonamides is 1. The summed E-state index contributed by atoms with van der Waals surface area (Å²) in [5.74, 6) is 0.250. The van der Waals surface area contributed by atoms with Crippen LogP contribution in [0, 0.1) is 13.8 Å². The zero-order valence-electron chi connectivity index (χ0n) is 22.4. The van der Waals surface area contributed by atoms with Crippen LogP contribution in [0.2, 0.25) is 0 Å². The molecule has 36 heavy (non-hydrogen) atoms. The largest absolute Gasteiger partial charge is 0.497 e. The van der Waals surface area contributed by atoms with Crippen LogP contribution in [0.25, 0.3) is 0 Å². The van der Waals surface area contributed by atoms with Gasteiger partial charge in [0.05, 0.1) is 19.1 Å². The number of carbonyl (C=O) groups excluding carboxylic acids is 2. The highest BCUT2D eigenvalue weighted by Gasteiger charge is 2.27. The third-order valence-electron chi connectivity index (χ3n) is 6.04. The van der Waals surface area contributed by atoms with Gasteiger partial charge in [0.2, 0.25) is 21.8 Å². The molecule has 8 nitrogen and oxygen atoms in total. The molecule has 0 saturated heterocycles. The second kappa shape index (κ2) is 12.8. The number of aryl methyl sites for hydroxylation is 2. The average molecular weight is 518 g/mol. The van der Waals surface area contributed by atoms with E-state index >= 15 is 0 Å². The summed E-state index contributed by atoms with van der Waals surface area (Å²) in [5, 5.41) is 2.87. The Morgan fingerprint density at radius 2 is 1.64 bits per heavy atom. The summed E-state index contributed by atoms with van der Waals surface area (Å²) >= 11 is 0. The van der Waals surface area contributed by atoms with Gasteiger partial charge in [-0.05, 0) is 82.0 Å². The van der Waals surface area contributed by atoms with Gasteiger partial charge in [0.25, 0.3) is 0 Å². The maximum Gasteiger partial charge on any atom is 0.242 e. The Hall–Kier alpha value is -3.07. The minimum absolute atomic E-state index is 0.0563. The molecular formula is C27H39N3O5S. The van der Waals surface area contributed by atoms with Crippen molar-refractivity contribution in [2.75, 3.05) is 24.2 Å². The third kappa shape index (κ3) is 8.26. The van der Waals surface area contributed by atoms with E-state index in [1.54, 1.807) is 25.0 Å². The molecule has 0 saturated carbocycles. The predicted molar refractivity (Wildman–Crippen MR) is 144 cm³/mol. The minimum atomic E-state index is -3.53. The van der Waals surface area contributed by atoms with Crippen molar-refractivity contribution in [3.05, 3.63) is 59.2 Å². The molecule has 1 atom stereocenters. The molecule has 0 bridgehead atoms. The van der Waals surface area contributed by atoms with Crippen molar-refractivity contribution in [1.29, 1.82) is 0 Å². The Labute approximate surface area is 215 Å². The van der Waals surface area contributed by atoms with E-state index in [0.717, 1.165) is 22.9 Å². The molecule has 0 unspecified atom stereocenters. The first-order chi connectivity index (χ1) is 16.8. The lowest BCUT2D eigenvalue weighted by Crippen LogP contribution is -2.49. The van der Waals surface area contributed by atoms with Gasteiger partial charge in [-0.3, -0.25) is 13.9 Å². The summed E-state index contributed by atoms with van der Waals surface area (Å²) in [4.78, 5) is 27.6. The lowest BCUT2D eigenvalue weighted by Gasteiger charge is -2.30. The van der Waals surface area contributed by atoms with Gasteiger partial charge in [-0.1, -0.05) is 18.2 Å². The highest BCUT2D eigenvalue weighted by atomic mass is 32.2. The van der Waals surface area contributed by atoms with Crippen LogP contribution in [0.3, 0.4) is 0 Å². The molecule has 0 aromatic heterocycles. The second-order valence-corrected chi connectivity index (χ2v) is 11.3. The highest BCUT2D eigenvalue weighted by molar-refractivity contribution is 7.92. The first-order valence-electron chi connectivity index (χ1n) is 12.1. The SMILES string of the molecule is COc1ccc(CN(C(=O)CCCN(c2ccc(C)c(C)c2)S(C)(=O)=O)[C@@H](C)C(=O)NC(C)C)cc1. The van der Waals surface area contributed by atoms with Crippen molar-refractivity contribution in [2.45, 2.75) is 66.1 Å². The van der Waals surface area contributed by atoms with Gasteiger partial charge >= 0.3 is 0 Å². The van der Waals surface area contributed by atoms with Crippen LogP contribution in [0.4, 0.5) is 5.69 Å². The van der Waals surface area contributed by atoms with E-state index in [4.69, 9.17) is 4.74 Å². The summed E-state index contributed by atoms with van der Waals surface area (Å²) in [6.07, 6.45) is 1.58. The number of benzene rings is 2. The van der Waals surface area contributed by atoms with E-state index in [0.29, 0.717) is 17.9 Å². The Morgan fingerprint density at radius 3 is 2.17 bits per heavy atom. The van der Waals surface area contributed by atoms with Gasteiger partial charge in [-0.15, -0.1) is 0 Å². The fourth-order valence-electron chi connectivity index (χ4n) is 3.80. The number of anilines is 1. The average Bonchev–Trinajstić information content (AvgIpc) is 2.80. The molecule has 1 N–H and O–H groups in total. The van der Waals surface area contributed by atoms with Gasteiger partial charge in [-0.25, -0.2) is 8.42 Å². The number of hydrogen-bond acceptors (Lipinski definition) is 5. The summed E-state index contributed by atoms with van der Waals surface area (Å²) in [6, 6.07) is 12.1. The monoisotopic (exact) mass is 517 g/mol. The lowest BCUT2D eigenvalue weighted by molar-refractivity contribution is -0.140. The quantitative estimate of drug-likeness (QED) is 0.462. The number of rotatable bonds is 12. The van der Waals surface area contributed by atoms with E-state index in [2.05, 4.69) is 5.32 Å². The molecule has 9 heteroatoms. The van der Waals surface area contributed by atoms with Gasteiger partial charge in [-0.2, -0.15) is 0 Å². The normalized spacial score (nSPS) is 12.2. The summed E-state index contributed by atoms with van der Waals surface area (Å²) in [5.41, 5.74) is 3.51. The number of nitrogens with one attached hydrogen (secondary N) is 1. The van der Waals surface area contributed by atoms with Crippen LogP contribution < -0.4 is 14.4 Å². The summed E-state index contributed by atoms with van der Waals surface area (Å²) in [6.45, 7) is 9.76. The molecule has 0 spiro atoms. The number of methoxy groups -OCH3 is 1. The van der Waals surface area contributed by atoms with E-state index in [1.807, 2.05) is 64.1 Å². The van der Waals surface area contributed by atoms with Crippen molar-refractivity contribution in [3.63, 3.8) is 0 Å². The summed E-state index contributed by atoms with van der Waals surface area (Å²) < 4.78 is 31.5. The Morgan fingerprint density at radius 1 is 1.00 bits per heavy atom. The first kappa shape index (κ1) is 29.2. The zero-order valence-corrected chi connectivity index (χ0v) is 23.2. The van der Waals surface area contributed by atoms with Crippen molar-refractivity contribution < 1.29 is 22.7 Å². The standard InChI is InChI=1S/C27H39N3O5S/c1-19(2)28-27(32)22(5)29(18-23-11-14-25(35-6)15-12-23)26(31)9-8-16-30(36(7,33)34)24-13-10-20(3)21(4)17-24/h10-15,17,19,22H,8-9,16,18H2,1-7H3,(H,28,32)/t22-/m0/s1. The molecule has 0 aliphatic carbocycles. The number of carbonyl (C=O) groups is 2. The van der Waals surface area contributed by atoms with Crippen molar-refractivity contribution in [1.82, 2.24) is 10.2 Å². The fourth-order valence-corrected chi connectivity index (χ4v) is 4.76. The number of hydrogen-bond donors (Lipinski definition) is 1. The lowest BCUT2D eigenvalue weighted by atomic mass is 10.1. The zero-order chi connectivity index (χ0) is 27.0. The maximum absolute atomic E-state index is 13.3. The van der Waals surface area contributed by atoms with Gasteiger partial charge < -0.3 is 15.0 Å². The van der Waals surface area contributed by atoms with Gasteiger partial charge in [0.15, 0.2) is 0 Å². The second-order valence-electron chi connectivity index (χ2n) is 9.42. The molecule has 0 aliphatic heterocycles. The van der Waals surface area contributed by atoms with Crippen LogP contribution in [0.1, 0.15) is 50.3 Å². The molecule has 0 aliphatic rings. The fraction of sp³-hybridized carbons (Fsp3) is 0.481. The maximum atomic E-state index is 13.3. The smallest absolute Gasteiger partial charge is 0.242 e. The van der Waals surface area contributed by atoms with E-state index < -0.39 is 16.1 Å². The third-order valence-corrected chi connectivity index (χ3v) is 7.23. The first-order valence-corrected chi connectivity index (χ1v) is 14.0. The number of nitrogens with zero attached hydrogens (tertiary/aromatic N) is 2. The molecular weight excluding hydrogens is 478 g/mol. The molecule has 2 aromatic rings.